The predicted octanol–water partition coefficient (Wildman–Crippen LogP) is 3.20. The number of rotatable bonds is 1. The highest BCUT2D eigenvalue weighted by atomic mass is 79.9. The first-order chi connectivity index (χ1) is 7.84. The van der Waals surface area contributed by atoms with Gasteiger partial charge in [0, 0.05) is 22.3 Å². The van der Waals surface area contributed by atoms with Gasteiger partial charge in [-0.1, -0.05) is 39.8 Å². The molecule has 0 fully saturated rings. The Hall–Kier alpha value is -0.810. The van der Waals surface area contributed by atoms with E-state index in [1.807, 2.05) is 12.1 Å². The molecule has 2 heterocycles. The lowest BCUT2D eigenvalue weighted by atomic mass is 10.2. The summed E-state index contributed by atoms with van der Waals surface area (Å²) in [7, 11) is 0. The van der Waals surface area contributed by atoms with Crippen LogP contribution in [0.25, 0.3) is 11.4 Å². The van der Waals surface area contributed by atoms with E-state index in [4.69, 9.17) is 0 Å². The summed E-state index contributed by atoms with van der Waals surface area (Å²) in [5, 5.41) is 9.55. The molecule has 0 radical (unpaired) electrons. The maximum absolute atomic E-state index is 4.28. The van der Waals surface area contributed by atoms with E-state index in [0.29, 0.717) is 0 Å². The fourth-order valence-electron chi connectivity index (χ4n) is 1.82. The van der Waals surface area contributed by atoms with Gasteiger partial charge in [-0.3, -0.25) is 0 Å². The Morgan fingerprint density at radius 3 is 3.12 bits per heavy atom. The molecule has 0 amide bonds. The average Bonchev–Trinajstić information content (AvgIpc) is 2.72. The lowest BCUT2D eigenvalue weighted by molar-refractivity contribution is 0.612. The van der Waals surface area contributed by atoms with Gasteiger partial charge >= 0.3 is 0 Å². The molecule has 1 aliphatic heterocycles. The molecule has 1 aromatic heterocycles. The topological polar surface area (TPSA) is 30.7 Å². The zero-order chi connectivity index (χ0) is 11.0. The van der Waals surface area contributed by atoms with E-state index in [9.17, 15) is 0 Å². The summed E-state index contributed by atoms with van der Waals surface area (Å²) < 4.78 is 3.28. The number of nitrogens with zero attached hydrogens (tertiary/aromatic N) is 3. The van der Waals surface area contributed by atoms with Crippen molar-refractivity contribution in [3.05, 3.63) is 28.7 Å². The Morgan fingerprint density at radius 2 is 2.25 bits per heavy atom. The maximum atomic E-state index is 4.28. The molecule has 16 heavy (non-hydrogen) atoms. The van der Waals surface area contributed by atoms with Crippen molar-refractivity contribution in [3.63, 3.8) is 0 Å². The van der Waals surface area contributed by atoms with Crippen molar-refractivity contribution < 1.29 is 0 Å². The van der Waals surface area contributed by atoms with E-state index in [1.54, 1.807) is 11.8 Å². The number of benzene rings is 1. The van der Waals surface area contributed by atoms with Gasteiger partial charge < -0.3 is 4.57 Å². The standard InChI is InChI=1S/C11H10BrN3S/c12-9-4-1-3-8(7-9)10-13-14-11-15(10)5-2-6-16-11/h1,3-4,7H,2,5-6H2. The molecule has 3 rings (SSSR count). The van der Waals surface area contributed by atoms with Crippen LogP contribution in [0.3, 0.4) is 0 Å². The van der Waals surface area contributed by atoms with Gasteiger partial charge in [0.2, 0.25) is 0 Å². The molecule has 0 bridgehead atoms. The Bertz CT molecular complexity index is 524. The molecule has 1 aromatic carbocycles. The Balaban J connectivity index is 2.09. The molecule has 0 aliphatic carbocycles. The lowest BCUT2D eigenvalue weighted by Gasteiger charge is -2.14. The first kappa shape index (κ1) is 10.4. The molecule has 82 valence electrons. The summed E-state index contributed by atoms with van der Waals surface area (Å²) in [5.74, 6) is 2.12. The van der Waals surface area contributed by atoms with Crippen LogP contribution in [0.2, 0.25) is 0 Å². The van der Waals surface area contributed by atoms with Crippen LogP contribution in [0, 0.1) is 0 Å². The minimum atomic E-state index is 0.975. The Labute approximate surface area is 106 Å². The Kier molecular flexibility index (Phi) is 2.73. The van der Waals surface area contributed by atoms with Crippen molar-refractivity contribution in [1.82, 2.24) is 14.8 Å². The first-order valence-electron chi connectivity index (χ1n) is 5.16. The quantitative estimate of drug-likeness (QED) is 0.809. The number of hydrogen-bond donors (Lipinski definition) is 0. The van der Waals surface area contributed by atoms with Crippen LogP contribution in [0.4, 0.5) is 0 Å². The van der Waals surface area contributed by atoms with Crippen molar-refractivity contribution in [2.24, 2.45) is 0 Å². The zero-order valence-electron chi connectivity index (χ0n) is 8.56. The SMILES string of the molecule is Brc1cccc(-c2nnc3n2CCCS3)c1. The zero-order valence-corrected chi connectivity index (χ0v) is 11.0. The minimum absolute atomic E-state index is 0.975. The van der Waals surface area contributed by atoms with E-state index in [2.05, 4.69) is 42.8 Å². The molecule has 0 N–H and O–H groups in total. The summed E-state index contributed by atoms with van der Waals surface area (Å²) in [4.78, 5) is 0. The van der Waals surface area contributed by atoms with E-state index in [-0.39, 0.29) is 0 Å². The number of thioether (sulfide) groups is 1. The van der Waals surface area contributed by atoms with Gasteiger partial charge in [0.25, 0.3) is 0 Å². The van der Waals surface area contributed by atoms with Crippen LogP contribution in [0.15, 0.2) is 33.9 Å². The fourth-order valence-corrected chi connectivity index (χ4v) is 3.11. The molecule has 0 spiro atoms. The molecule has 0 atom stereocenters. The van der Waals surface area contributed by atoms with Crippen molar-refractivity contribution in [3.8, 4) is 11.4 Å². The second kappa shape index (κ2) is 4.22. The summed E-state index contributed by atoms with van der Waals surface area (Å²) in [6, 6.07) is 8.20. The van der Waals surface area contributed by atoms with Gasteiger partial charge in [-0.2, -0.15) is 0 Å². The number of fused-ring (bicyclic) bond motifs is 1. The lowest BCUT2D eigenvalue weighted by Crippen LogP contribution is -2.08. The summed E-state index contributed by atoms with van der Waals surface area (Å²) in [5.41, 5.74) is 1.12. The van der Waals surface area contributed by atoms with Gasteiger partial charge in [-0.05, 0) is 18.6 Å². The molecule has 1 aliphatic rings. The fraction of sp³-hybridized carbons (Fsp3) is 0.273. The average molecular weight is 296 g/mol. The second-order valence-corrected chi connectivity index (χ2v) is 5.65. The van der Waals surface area contributed by atoms with Crippen LogP contribution < -0.4 is 0 Å². The largest absolute Gasteiger partial charge is 0.302 e. The van der Waals surface area contributed by atoms with Gasteiger partial charge in [-0.15, -0.1) is 10.2 Å². The molecule has 5 heteroatoms. The van der Waals surface area contributed by atoms with Crippen molar-refractivity contribution >= 4 is 27.7 Å². The molecular weight excluding hydrogens is 286 g/mol. The van der Waals surface area contributed by atoms with Gasteiger partial charge in [-0.25, -0.2) is 0 Å². The van der Waals surface area contributed by atoms with Crippen molar-refractivity contribution in [2.45, 2.75) is 18.1 Å². The number of hydrogen-bond acceptors (Lipinski definition) is 3. The highest BCUT2D eigenvalue weighted by molar-refractivity contribution is 9.10. The first-order valence-corrected chi connectivity index (χ1v) is 6.94. The van der Waals surface area contributed by atoms with Gasteiger partial charge in [0.15, 0.2) is 11.0 Å². The van der Waals surface area contributed by atoms with Crippen LogP contribution in [0.5, 0.6) is 0 Å². The monoisotopic (exact) mass is 295 g/mol. The van der Waals surface area contributed by atoms with Crippen molar-refractivity contribution in [1.29, 1.82) is 0 Å². The van der Waals surface area contributed by atoms with Crippen LogP contribution in [0.1, 0.15) is 6.42 Å². The third kappa shape index (κ3) is 1.78. The summed E-state index contributed by atoms with van der Waals surface area (Å²) in [6.07, 6.45) is 1.19. The molecule has 0 saturated heterocycles. The highest BCUT2D eigenvalue weighted by Gasteiger charge is 2.17. The van der Waals surface area contributed by atoms with Crippen LogP contribution >= 0.6 is 27.7 Å². The summed E-state index contributed by atoms with van der Waals surface area (Å²) in [6.45, 7) is 1.02. The molecular formula is C11H10BrN3S. The predicted molar refractivity (Wildman–Crippen MR) is 68.5 cm³/mol. The molecule has 3 nitrogen and oxygen atoms in total. The number of aromatic nitrogens is 3. The summed E-state index contributed by atoms with van der Waals surface area (Å²) >= 11 is 5.27. The third-order valence-corrected chi connectivity index (χ3v) is 4.10. The molecule has 2 aromatic rings. The molecule has 0 saturated carbocycles. The van der Waals surface area contributed by atoms with E-state index < -0.39 is 0 Å². The molecule has 0 unspecified atom stereocenters. The maximum Gasteiger partial charge on any atom is 0.191 e. The Morgan fingerprint density at radius 1 is 1.31 bits per heavy atom. The van der Waals surface area contributed by atoms with Gasteiger partial charge in [0.05, 0.1) is 0 Å². The van der Waals surface area contributed by atoms with Crippen molar-refractivity contribution in [2.75, 3.05) is 5.75 Å². The minimum Gasteiger partial charge on any atom is -0.302 e. The normalized spacial score (nSPS) is 14.8. The highest BCUT2D eigenvalue weighted by Crippen LogP contribution is 2.29. The smallest absolute Gasteiger partial charge is 0.191 e. The second-order valence-electron chi connectivity index (χ2n) is 3.67. The van der Waals surface area contributed by atoms with E-state index in [1.165, 1.54) is 6.42 Å². The van der Waals surface area contributed by atoms with Crippen LogP contribution in [-0.4, -0.2) is 20.5 Å². The van der Waals surface area contributed by atoms with E-state index >= 15 is 0 Å². The van der Waals surface area contributed by atoms with E-state index in [0.717, 1.165) is 33.3 Å². The number of halogens is 1. The third-order valence-electron chi connectivity index (χ3n) is 2.56. The van der Waals surface area contributed by atoms with Crippen LogP contribution in [-0.2, 0) is 6.54 Å². The van der Waals surface area contributed by atoms with Gasteiger partial charge in [0.1, 0.15) is 0 Å².